The van der Waals surface area contributed by atoms with E-state index in [9.17, 15) is 19.5 Å². The summed E-state index contributed by atoms with van der Waals surface area (Å²) >= 11 is 0. The average molecular weight is 568 g/mol. The molecule has 1 aliphatic rings. The summed E-state index contributed by atoms with van der Waals surface area (Å²) in [6, 6.07) is 5.75. The van der Waals surface area contributed by atoms with Gasteiger partial charge in [0, 0.05) is 26.6 Å². The lowest BCUT2D eigenvalue weighted by Crippen LogP contribution is -2.50. The van der Waals surface area contributed by atoms with Gasteiger partial charge in [-0.05, 0) is 45.9 Å². The summed E-state index contributed by atoms with van der Waals surface area (Å²) in [6.45, 7) is 9.14. The summed E-state index contributed by atoms with van der Waals surface area (Å²) in [5.41, 5.74) is 2.64. The summed E-state index contributed by atoms with van der Waals surface area (Å²) < 4.78 is 13.1. The normalized spacial score (nSPS) is 17.7. The van der Waals surface area contributed by atoms with E-state index in [1.54, 1.807) is 71.0 Å². The molecule has 0 unspecified atom stereocenters. The maximum atomic E-state index is 13.7. The molecule has 0 saturated carbocycles. The number of anilines is 2. The van der Waals surface area contributed by atoms with Crippen LogP contribution in [0.15, 0.2) is 28.8 Å². The first-order chi connectivity index (χ1) is 19.4. The van der Waals surface area contributed by atoms with Gasteiger partial charge in [0.1, 0.15) is 23.2 Å². The molecule has 3 aromatic rings. The predicted molar refractivity (Wildman–Crippen MR) is 151 cm³/mol. The Morgan fingerprint density at radius 1 is 1.24 bits per heavy atom. The minimum absolute atomic E-state index is 0.161. The smallest absolute Gasteiger partial charge is 0.321 e. The first-order valence-electron chi connectivity index (χ1n) is 13.4. The second kappa shape index (κ2) is 12.0. The summed E-state index contributed by atoms with van der Waals surface area (Å²) in [5.74, 6) is -0.315. The molecular formula is C28H37N7O6. The van der Waals surface area contributed by atoms with Crippen LogP contribution in [0.5, 0.6) is 5.75 Å². The fourth-order valence-corrected chi connectivity index (χ4v) is 4.79. The van der Waals surface area contributed by atoms with Crippen LogP contribution in [0.4, 0.5) is 16.2 Å². The Hall–Kier alpha value is -4.39. The van der Waals surface area contributed by atoms with Crippen LogP contribution in [0.1, 0.15) is 51.8 Å². The van der Waals surface area contributed by atoms with Crippen LogP contribution in [0.3, 0.4) is 0 Å². The highest BCUT2D eigenvalue weighted by Gasteiger charge is 2.35. The molecule has 0 spiro atoms. The number of ether oxygens (including phenoxy) is 1. The number of para-hydroxylation sites is 1. The zero-order valence-corrected chi connectivity index (χ0v) is 24.4. The van der Waals surface area contributed by atoms with Crippen LogP contribution in [0.25, 0.3) is 0 Å². The van der Waals surface area contributed by atoms with Crippen molar-refractivity contribution in [3.05, 3.63) is 52.7 Å². The molecule has 0 saturated heterocycles. The Kier molecular flexibility index (Phi) is 8.66. The van der Waals surface area contributed by atoms with Crippen molar-refractivity contribution < 1.29 is 28.8 Å². The number of urea groups is 1. The number of carbonyl (C=O) groups excluding carboxylic acids is 3. The predicted octanol–water partition coefficient (Wildman–Crippen LogP) is 2.97. The monoisotopic (exact) mass is 567 g/mol. The molecule has 3 N–H and O–H groups in total. The van der Waals surface area contributed by atoms with Crippen LogP contribution in [-0.4, -0.2) is 86.6 Å². The molecule has 220 valence electrons. The number of hydrogen-bond acceptors (Lipinski definition) is 8. The quantitative estimate of drug-likeness (QED) is 0.394. The van der Waals surface area contributed by atoms with E-state index in [0.717, 1.165) is 0 Å². The van der Waals surface area contributed by atoms with Crippen LogP contribution < -0.4 is 15.4 Å². The maximum absolute atomic E-state index is 13.7. The first-order valence-corrected chi connectivity index (χ1v) is 13.4. The van der Waals surface area contributed by atoms with Gasteiger partial charge in [0.05, 0.1) is 36.1 Å². The molecule has 1 aromatic carbocycles. The minimum atomic E-state index is -0.576. The van der Waals surface area contributed by atoms with Crippen LogP contribution in [0, 0.1) is 26.7 Å². The fraction of sp³-hybridized carbons (Fsp3) is 0.464. The molecule has 4 amide bonds. The second-order valence-corrected chi connectivity index (χ2v) is 10.6. The number of nitrogens with zero attached hydrogens (tertiary/aromatic N) is 5. The standard InChI is InChI=1S/C28H37N7O6/c1-15-12-35(17(3)14-36)27(38)20-9-8-10-21(29-26(37)22-11-16(2)31-34(22)7)25(20)40-23(15)13-33(6)28(39)30-24-18(4)32-41-19(24)5/h8-11,15,17,23,36H,12-14H2,1-7H3,(H,29,37)(H,30,39)/t15-,17-,23-/m1/s1. The second-order valence-electron chi connectivity index (χ2n) is 10.6. The SMILES string of the molecule is Cc1cc(C(=O)Nc2cccc3c2O[C@H](CN(C)C(=O)Nc2c(C)noc2C)[C@H](C)CN([C@H](C)CO)C3=O)n(C)n1. The van der Waals surface area contributed by atoms with Gasteiger partial charge in [0.25, 0.3) is 11.8 Å². The Labute approximate surface area is 238 Å². The number of rotatable bonds is 7. The summed E-state index contributed by atoms with van der Waals surface area (Å²) in [7, 11) is 3.31. The summed E-state index contributed by atoms with van der Waals surface area (Å²) in [6.07, 6.45) is -0.576. The number of aliphatic hydroxyl groups excluding tert-OH is 1. The van der Waals surface area contributed by atoms with E-state index in [2.05, 4.69) is 20.9 Å². The Morgan fingerprint density at radius 3 is 2.59 bits per heavy atom. The number of likely N-dealkylation sites (N-methyl/N-ethyl adjacent to an activating group) is 1. The molecule has 0 aliphatic carbocycles. The van der Waals surface area contributed by atoms with E-state index in [-0.39, 0.29) is 48.9 Å². The first kappa shape index (κ1) is 29.6. The summed E-state index contributed by atoms with van der Waals surface area (Å²) in [4.78, 5) is 43.0. The molecule has 2 aromatic heterocycles. The van der Waals surface area contributed by atoms with E-state index < -0.39 is 18.1 Å². The van der Waals surface area contributed by atoms with Gasteiger partial charge in [-0.1, -0.05) is 18.1 Å². The number of aryl methyl sites for hydroxylation is 4. The van der Waals surface area contributed by atoms with E-state index in [0.29, 0.717) is 34.2 Å². The summed E-state index contributed by atoms with van der Waals surface area (Å²) in [5, 5.41) is 23.7. The number of aliphatic hydroxyl groups is 1. The molecule has 0 fully saturated rings. The number of carbonyl (C=O) groups is 3. The third-order valence-corrected chi connectivity index (χ3v) is 7.24. The third kappa shape index (κ3) is 6.19. The Morgan fingerprint density at radius 2 is 1.98 bits per heavy atom. The Balaban J connectivity index is 1.67. The van der Waals surface area contributed by atoms with Gasteiger partial charge < -0.3 is 34.8 Å². The van der Waals surface area contributed by atoms with E-state index in [1.165, 1.54) is 9.58 Å². The lowest BCUT2D eigenvalue weighted by Gasteiger charge is -2.38. The van der Waals surface area contributed by atoms with Crippen molar-refractivity contribution in [3.63, 3.8) is 0 Å². The topological polar surface area (TPSA) is 155 Å². The van der Waals surface area contributed by atoms with Crippen molar-refractivity contribution in [1.29, 1.82) is 0 Å². The molecule has 1 aliphatic heterocycles. The van der Waals surface area contributed by atoms with E-state index in [1.807, 2.05) is 6.92 Å². The highest BCUT2D eigenvalue weighted by molar-refractivity contribution is 6.06. The van der Waals surface area contributed by atoms with Crippen molar-refractivity contribution in [3.8, 4) is 5.75 Å². The molecule has 0 bridgehead atoms. The van der Waals surface area contributed by atoms with Crippen LogP contribution in [0.2, 0.25) is 0 Å². The molecule has 13 nitrogen and oxygen atoms in total. The maximum Gasteiger partial charge on any atom is 0.321 e. The number of aromatic nitrogens is 3. The number of benzene rings is 1. The number of fused-ring (bicyclic) bond motifs is 1. The van der Waals surface area contributed by atoms with Crippen LogP contribution >= 0.6 is 0 Å². The van der Waals surface area contributed by atoms with Crippen molar-refractivity contribution in [2.24, 2.45) is 13.0 Å². The molecular weight excluding hydrogens is 530 g/mol. The van der Waals surface area contributed by atoms with E-state index >= 15 is 0 Å². The highest BCUT2D eigenvalue weighted by Crippen LogP contribution is 2.35. The third-order valence-electron chi connectivity index (χ3n) is 7.24. The number of hydrogen-bond donors (Lipinski definition) is 3. The van der Waals surface area contributed by atoms with Crippen LogP contribution in [-0.2, 0) is 7.05 Å². The molecule has 4 rings (SSSR count). The van der Waals surface area contributed by atoms with Gasteiger partial charge in [-0.3, -0.25) is 14.3 Å². The van der Waals surface area contributed by atoms with E-state index in [4.69, 9.17) is 9.26 Å². The molecule has 13 heteroatoms. The lowest BCUT2D eigenvalue weighted by molar-refractivity contribution is 0.0372. The van der Waals surface area contributed by atoms with Gasteiger partial charge in [0.2, 0.25) is 0 Å². The van der Waals surface area contributed by atoms with Gasteiger partial charge in [-0.15, -0.1) is 0 Å². The molecule has 0 radical (unpaired) electrons. The van der Waals surface area contributed by atoms with Gasteiger partial charge >= 0.3 is 6.03 Å². The molecule has 3 heterocycles. The zero-order valence-electron chi connectivity index (χ0n) is 24.4. The lowest BCUT2D eigenvalue weighted by atomic mass is 9.99. The Bertz CT molecular complexity index is 1430. The molecule has 3 atom stereocenters. The minimum Gasteiger partial charge on any atom is -0.485 e. The molecule has 41 heavy (non-hydrogen) atoms. The van der Waals surface area contributed by atoms with Crippen molar-refractivity contribution >= 4 is 29.2 Å². The fourth-order valence-electron chi connectivity index (χ4n) is 4.79. The van der Waals surface area contributed by atoms with Gasteiger partial charge in [-0.2, -0.15) is 5.10 Å². The number of nitrogens with one attached hydrogen (secondary N) is 2. The average Bonchev–Trinajstić information content (AvgIpc) is 3.44. The van der Waals surface area contributed by atoms with Crippen molar-refractivity contribution in [2.45, 2.75) is 46.8 Å². The number of amides is 4. The largest absolute Gasteiger partial charge is 0.485 e. The van der Waals surface area contributed by atoms with Gasteiger partial charge in [0.15, 0.2) is 11.5 Å². The van der Waals surface area contributed by atoms with Crippen molar-refractivity contribution in [2.75, 3.05) is 37.4 Å². The van der Waals surface area contributed by atoms with Crippen molar-refractivity contribution in [1.82, 2.24) is 24.7 Å². The zero-order chi connectivity index (χ0) is 30.0. The highest BCUT2D eigenvalue weighted by atomic mass is 16.5. The van der Waals surface area contributed by atoms with Gasteiger partial charge in [-0.25, -0.2) is 4.79 Å².